The van der Waals surface area contributed by atoms with E-state index < -0.39 is 17.7 Å². The number of benzene rings is 2. The van der Waals surface area contributed by atoms with Crippen molar-refractivity contribution in [2.75, 3.05) is 11.9 Å². The number of para-hydroxylation sites is 1. The molecule has 0 saturated carbocycles. The molecule has 3 aromatic rings. The normalized spacial score (nSPS) is 10.4. The van der Waals surface area contributed by atoms with E-state index in [0.29, 0.717) is 5.56 Å². The summed E-state index contributed by atoms with van der Waals surface area (Å²) in [5.41, 5.74) is 0.803. The number of hydrogen-bond donors (Lipinski definition) is 1. The molecule has 3 rings (SSSR count). The van der Waals surface area contributed by atoms with Crippen LogP contribution in [0.1, 0.15) is 28.0 Å². The van der Waals surface area contributed by atoms with Gasteiger partial charge in [-0.1, -0.05) is 18.2 Å². The number of aromatic nitrogens is 2. The molecule has 0 fully saturated rings. The molecule has 1 amide bonds. The number of hydrogen-bond acceptors (Lipinski definition) is 6. The van der Waals surface area contributed by atoms with Crippen LogP contribution in [0.25, 0.3) is 11.5 Å². The molecule has 0 aliphatic carbocycles. The van der Waals surface area contributed by atoms with Crippen molar-refractivity contribution in [3.05, 3.63) is 65.8 Å². The van der Waals surface area contributed by atoms with Gasteiger partial charge in [0.1, 0.15) is 5.82 Å². The van der Waals surface area contributed by atoms with Gasteiger partial charge in [0.05, 0.1) is 17.9 Å². The maximum absolute atomic E-state index is 13.3. The minimum atomic E-state index is -0.697. The molecule has 7 nitrogen and oxygen atoms in total. The van der Waals surface area contributed by atoms with E-state index in [-0.39, 0.29) is 29.6 Å². The van der Waals surface area contributed by atoms with E-state index in [4.69, 9.17) is 9.15 Å². The highest BCUT2D eigenvalue weighted by Crippen LogP contribution is 2.20. The van der Waals surface area contributed by atoms with Crippen LogP contribution in [0.4, 0.5) is 10.1 Å². The van der Waals surface area contributed by atoms with Gasteiger partial charge in [0, 0.05) is 5.56 Å². The van der Waals surface area contributed by atoms with E-state index in [0.717, 1.165) is 0 Å². The summed E-state index contributed by atoms with van der Waals surface area (Å²) in [7, 11) is 0. The second-order valence-corrected chi connectivity index (χ2v) is 5.14. The molecule has 1 heterocycles. The van der Waals surface area contributed by atoms with Crippen LogP contribution in [0.5, 0.6) is 0 Å². The molecule has 0 unspecified atom stereocenters. The van der Waals surface area contributed by atoms with Gasteiger partial charge in [0.25, 0.3) is 0 Å². The van der Waals surface area contributed by atoms with Gasteiger partial charge in [-0.2, -0.15) is 0 Å². The fourth-order valence-corrected chi connectivity index (χ4v) is 2.21. The molecular formula is C18H14FN3O4. The summed E-state index contributed by atoms with van der Waals surface area (Å²) in [6.07, 6.45) is 0. The Hall–Kier alpha value is -3.55. The molecule has 0 spiro atoms. The maximum Gasteiger partial charge on any atom is 0.340 e. The van der Waals surface area contributed by atoms with Crippen molar-refractivity contribution in [3.8, 4) is 11.5 Å². The summed E-state index contributed by atoms with van der Waals surface area (Å²) in [6.45, 7) is 1.90. The fourth-order valence-electron chi connectivity index (χ4n) is 2.21. The van der Waals surface area contributed by atoms with Crippen molar-refractivity contribution >= 4 is 17.6 Å². The lowest BCUT2D eigenvalue weighted by Gasteiger charge is -2.08. The zero-order valence-electron chi connectivity index (χ0n) is 13.7. The van der Waals surface area contributed by atoms with E-state index in [1.165, 1.54) is 24.3 Å². The minimum Gasteiger partial charge on any atom is -0.462 e. The molecule has 0 bridgehead atoms. The molecule has 26 heavy (non-hydrogen) atoms. The Morgan fingerprint density at radius 2 is 1.96 bits per heavy atom. The quantitative estimate of drug-likeness (QED) is 0.706. The summed E-state index contributed by atoms with van der Waals surface area (Å²) >= 11 is 0. The molecule has 0 atom stereocenters. The predicted octanol–water partition coefficient (Wildman–Crippen LogP) is 3.30. The lowest BCUT2D eigenvalue weighted by molar-refractivity contribution is 0.0527. The first-order chi connectivity index (χ1) is 12.6. The van der Waals surface area contributed by atoms with Crippen LogP contribution in [0.2, 0.25) is 0 Å². The molecule has 0 aliphatic heterocycles. The van der Waals surface area contributed by atoms with Crippen molar-refractivity contribution < 1.29 is 23.1 Å². The average molecular weight is 355 g/mol. The van der Waals surface area contributed by atoms with Gasteiger partial charge in [-0.15, -0.1) is 10.2 Å². The highest BCUT2D eigenvalue weighted by molar-refractivity contribution is 6.05. The first-order valence-corrected chi connectivity index (χ1v) is 7.75. The lowest BCUT2D eigenvalue weighted by Crippen LogP contribution is -2.16. The Morgan fingerprint density at radius 1 is 1.15 bits per heavy atom. The number of amides is 1. The predicted molar refractivity (Wildman–Crippen MR) is 90.0 cm³/mol. The van der Waals surface area contributed by atoms with Gasteiger partial charge in [0.15, 0.2) is 0 Å². The summed E-state index contributed by atoms with van der Waals surface area (Å²) < 4.78 is 23.5. The molecular weight excluding hydrogens is 341 g/mol. The number of ether oxygens (including phenoxy) is 1. The van der Waals surface area contributed by atoms with Gasteiger partial charge in [-0.3, -0.25) is 4.79 Å². The molecule has 0 radical (unpaired) electrons. The van der Waals surface area contributed by atoms with Gasteiger partial charge in [0.2, 0.25) is 5.89 Å². The Labute approximate surface area is 147 Å². The molecule has 0 aliphatic rings. The van der Waals surface area contributed by atoms with Gasteiger partial charge in [-0.25, -0.2) is 9.18 Å². The second kappa shape index (κ2) is 7.56. The lowest BCUT2D eigenvalue weighted by atomic mass is 10.2. The SMILES string of the molecule is CCOC(=O)c1ccccc1NC(=O)c1nnc(-c2cccc(F)c2)o1. The van der Waals surface area contributed by atoms with Crippen molar-refractivity contribution in [1.82, 2.24) is 10.2 Å². The first kappa shape index (κ1) is 17.3. The van der Waals surface area contributed by atoms with Crippen LogP contribution in [0.3, 0.4) is 0 Å². The zero-order chi connectivity index (χ0) is 18.5. The van der Waals surface area contributed by atoms with Crippen LogP contribution in [-0.4, -0.2) is 28.7 Å². The summed E-state index contributed by atoms with van der Waals surface area (Å²) in [5, 5.41) is 9.94. The average Bonchev–Trinajstić information content (AvgIpc) is 3.13. The molecule has 1 aromatic heterocycles. The Kier molecular flexibility index (Phi) is 5.02. The van der Waals surface area contributed by atoms with E-state index in [1.54, 1.807) is 31.2 Å². The largest absolute Gasteiger partial charge is 0.462 e. The molecule has 1 N–H and O–H groups in total. The summed E-state index contributed by atoms with van der Waals surface area (Å²) in [4.78, 5) is 24.3. The maximum atomic E-state index is 13.3. The number of rotatable bonds is 5. The monoisotopic (exact) mass is 355 g/mol. The topological polar surface area (TPSA) is 94.3 Å². The number of carbonyl (C=O) groups is 2. The molecule has 2 aromatic carbocycles. The van der Waals surface area contributed by atoms with Crippen LogP contribution in [0, 0.1) is 5.82 Å². The number of halogens is 1. The number of esters is 1. The van der Waals surface area contributed by atoms with Gasteiger partial charge in [-0.05, 0) is 37.3 Å². The van der Waals surface area contributed by atoms with E-state index in [1.807, 2.05) is 0 Å². The second-order valence-electron chi connectivity index (χ2n) is 5.14. The highest BCUT2D eigenvalue weighted by atomic mass is 19.1. The standard InChI is InChI=1S/C18H14FN3O4/c1-2-25-18(24)13-8-3-4-9-14(13)20-15(23)17-22-21-16(26-17)11-6-5-7-12(19)10-11/h3-10H,2H2,1H3,(H,20,23). The zero-order valence-corrected chi connectivity index (χ0v) is 13.7. The van der Waals surface area contributed by atoms with E-state index in [9.17, 15) is 14.0 Å². The van der Waals surface area contributed by atoms with E-state index in [2.05, 4.69) is 15.5 Å². The third-order valence-corrected chi connectivity index (χ3v) is 3.36. The molecule has 132 valence electrons. The van der Waals surface area contributed by atoms with Crippen LogP contribution in [-0.2, 0) is 4.74 Å². The smallest absolute Gasteiger partial charge is 0.340 e. The van der Waals surface area contributed by atoms with E-state index >= 15 is 0 Å². The van der Waals surface area contributed by atoms with Gasteiger partial charge < -0.3 is 14.5 Å². The Morgan fingerprint density at radius 3 is 2.73 bits per heavy atom. The van der Waals surface area contributed by atoms with Crippen LogP contribution < -0.4 is 5.32 Å². The van der Waals surface area contributed by atoms with Crippen LogP contribution >= 0.6 is 0 Å². The number of carbonyl (C=O) groups excluding carboxylic acids is 2. The van der Waals surface area contributed by atoms with Crippen LogP contribution in [0.15, 0.2) is 52.9 Å². The third-order valence-electron chi connectivity index (χ3n) is 3.36. The molecule has 0 saturated heterocycles. The fraction of sp³-hybridized carbons (Fsp3) is 0.111. The summed E-state index contributed by atoms with van der Waals surface area (Å²) in [6, 6.07) is 11.9. The Bertz CT molecular complexity index is 955. The first-order valence-electron chi connectivity index (χ1n) is 7.75. The van der Waals surface area contributed by atoms with Crippen molar-refractivity contribution in [1.29, 1.82) is 0 Å². The van der Waals surface area contributed by atoms with Crippen molar-refractivity contribution in [3.63, 3.8) is 0 Å². The number of nitrogens with one attached hydrogen (secondary N) is 1. The molecule has 8 heteroatoms. The van der Waals surface area contributed by atoms with Crippen molar-refractivity contribution in [2.24, 2.45) is 0 Å². The van der Waals surface area contributed by atoms with Crippen molar-refractivity contribution in [2.45, 2.75) is 6.92 Å². The van der Waals surface area contributed by atoms with Gasteiger partial charge >= 0.3 is 17.8 Å². The summed E-state index contributed by atoms with van der Waals surface area (Å²) in [5.74, 6) is -2.03. The number of anilines is 1. The number of nitrogens with zero attached hydrogens (tertiary/aromatic N) is 2. The third kappa shape index (κ3) is 3.75. The highest BCUT2D eigenvalue weighted by Gasteiger charge is 2.19. The Balaban J connectivity index is 1.81. The minimum absolute atomic E-state index is 0.00771.